The minimum atomic E-state index is -1.44. The van der Waals surface area contributed by atoms with Crippen molar-refractivity contribution in [2.24, 2.45) is 0 Å². The Labute approximate surface area is 176 Å². The number of anilines is 1. The van der Waals surface area contributed by atoms with Crippen LogP contribution in [-0.4, -0.2) is 62.0 Å². The van der Waals surface area contributed by atoms with Crippen molar-refractivity contribution < 1.29 is 19.4 Å². The van der Waals surface area contributed by atoms with Crippen LogP contribution in [0.2, 0.25) is 5.02 Å². The zero-order chi connectivity index (χ0) is 20.9. The first-order valence-corrected chi connectivity index (χ1v) is 9.77. The standard InChI is InChI=1S/C19H19ClN6O4/c1-21-18(28)19-7-29-13(14(19)27)17(30-19)26-9-25-12-15(23-8-24-16(12)26)22-6-10-3-2-4-11(20)5-10/h2-5,8-9,13-14,17,27H,6-7H2,1H3,(H,21,28)(H,22,23,24)/t13?,14?,17-,19-/m1/s1. The average Bonchev–Trinajstić information content (AvgIpc) is 3.42. The largest absolute Gasteiger partial charge is 0.387 e. The van der Waals surface area contributed by atoms with Crippen LogP contribution in [0, 0.1) is 0 Å². The molecule has 30 heavy (non-hydrogen) atoms. The van der Waals surface area contributed by atoms with Crippen LogP contribution in [0.1, 0.15) is 11.8 Å². The van der Waals surface area contributed by atoms with E-state index < -0.39 is 29.9 Å². The molecule has 1 aromatic carbocycles. The van der Waals surface area contributed by atoms with Gasteiger partial charge in [-0.25, -0.2) is 15.0 Å². The van der Waals surface area contributed by atoms with E-state index in [0.717, 1.165) is 5.56 Å². The maximum atomic E-state index is 12.3. The number of nitrogens with zero attached hydrogens (tertiary/aromatic N) is 4. The predicted octanol–water partition coefficient (Wildman–Crippen LogP) is 0.865. The summed E-state index contributed by atoms with van der Waals surface area (Å²) in [6.45, 7) is 0.493. The van der Waals surface area contributed by atoms with Gasteiger partial charge < -0.3 is 25.2 Å². The monoisotopic (exact) mass is 430 g/mol. The van der Waals surface area contributed by atoms with E-state index in [-0.39, 0.29) is 6.61 Å². The molecule has 3 aromatic rings. The molecule has 10 nitrogen and oxygen atoms in total. The lowest BCUT2D eigenvalue weighted by atomic mass is 9.98. The van der Waals surface area contributed by atoms with Gasteiger partial charge in [0.25, 0.3) is 5.91 Å². The Morgan fingerprint density at radius 3 is 3.07 bits per heavy atom. The summed E-state index contributed by atoms with van der Waals surface area (Å²) in [5.74, 6) is 0.118. The van der Waals surface area contributed by atoms with Gasteiger partial charge in [0.05, 0.1) is 12.9 Å². The highest BCUT2D eigenvalue weighted by atomic mass is 35.5. The summed E-state index contributed by atoms with van der Waals surface area (Å²) < 4.78 is 13.3. The van der Waals surface area contributed by atoms with E-state index in [2.05, 4.69) is 25.6 Å². The molecule has 3 N–H and O–H groups in total. The topological polar surface area (TPSA) is 123 Å². The number of hydrogen-bond acceptors (Lipinski definition) is 8. The molecule has 2 unspecified atom stereocenters. The average molecular weight is 431 g/mol. The van der Waals surface area contributed by atoms with E-state index in [1.165, 1.54) is 13.4 Å². The summed E-state index contributed by atoms with van der Waals surface area (Å²) in [6, 6.07) is 7.51. The fourth-order valence-electron chi connectivity index (χ4n) is 3.97. The SMILES string of the molecule is CNC(=O)[C@@]12COC(C1O)[C@H](n1cnc3c(NCc4cccc(Cl)c4)ncnc31)O2. The fourth-order valence-corrected chi connectivity index (χ4v) is 4.18. The van der Waals surface area contributed by atoms with Crippen LogP contribution in [0.25, 0.3) is 11.2 Å². The Bertz CT molecular complexity index is 1120. The molecule has 2 aliphatic rings. The van der Waals surface area contributed by atoms with Gasteiger partial charge in [-0.05, 0) is 17.7 Å². The zero-order valence-electron chi connectivity index (χ0n) is 15.9. The molecule has 1 amide bonds. The normalized spacial score (nSPS) is 27.5. The first kappa shape index (κ1) is 19.2. The number of nitrogens with one attached hydrogen (secondary N) is 2. The summed E-state index contributed by atoms with van der Waals surface area (Å²) in [4.78, 5) is 25.4. The molecule has 11 heteroatoms. The summed E-state index contributed by atoms with van der Waals surface area (Å²) in [6.07, 6.45) is 0.411. The third-order valence-electron chi connectivity index (χ3n) is 5.48. The Morgan fingerprint density at radius 2 is 2.27 bits per heavy atom. The lowest BCUT2D eigenvalue weighted by Gasteiger charge is -2.29. The van der Waals surface area contributed by atoms with Gasteiger partial charge in [0.2, 0.25) is 5.60 Å². The molecular formula is C19H19ClN6O4. The maximum Gasteiger partial charge on any atom is 0.257 e. The number of rotatable bonds is 5. The lowest BCUT2D eigenvalue weighted by molar-refractivity contribution is -0.184. The van der Waals surface area contributed by atoms with E-state index in [1.807, 2.05) is 24.3 Å². The van der Waals surface area contributed by atoms with Gasteiger partial charge >= 0.3 is 0 Å². The van der Waals surface area contributed by atoms with E-state index in [4.69, 9.17) is 21.1 Å². The quantitative estimate of drug-likeness (QED) is 0.544. The first-order chi connectivity index (χ1) is 14.5. The highest BCUT2D eigenvalue weighted by Gasteiger charge is 2.65. The number of ether oxygens (including phenoxy) is 2. The van der Waals surface area contributed by atoms with Gasteiger partial charge in [-0.1, -0.05) is 23.7 Å². The number of likely N-dealkylation sites (N-methyl/N-ethyl adjacent to an activating group) is 1. The number of aliphatic hydroxyl groups excluding tert-OH is 1. The van der Waals surface area contributed by atoms with Crippen molar-refractivity contribution in [1.29, 1.82) is 0 Å². The number of aliphatic hydroxyl groups is 1. The van der Waals surface area contributed by atoms with Gasteiger partial charge in [-0.15, -0.1) is 0 Å². The first-order valence-electron chi connectivity index (χ1n) is 9.39. The van der Waals surface area contributed by atoms with Crippen molar-refractivity contribution >= 4 is 34.5 Å². The number of amides is 1. The van der Waals surface area contributed by atoms with Crippen molar-refractivity contribution in [3.8, 4) is 0 Å². The number of fused-ring (bicyclic) bond motifs is 3. The van der Waals surface area contributed by atoms with Gasteiger partial charge in [-0.2, -0.15) is 0 Å². The van der Waals surface area contributed by atoms with Crippen molar-refractivity contribution in [2.45, 2.75) is 30.6 Å². The number of benzene rings is 1. The molecule has 0 spiro atoms. The van der Waals surface area contributed by atoms with Gasteiger partial charge in [0.15, 0.2) is 23.2 Å². The van der Waals surface area contributed by atoms with E-state index in [9.17, 15) is 9.90 Å². The molecule has 0 radical (unpaired) electrons. The van der Waals surface area contributed by atoms with Crippen LogP contribution >= 0.6 is 11.6 Å². The van der Waals surface area contributed by atoms with Crippen LogP contribution in [-0.2, 0) is 20.8 Å². The molecule has 2 aromatic heterocycles. The Kier molecular flexibility index (Phi) is 4.58. The zero-order valence-corrected chi connectivity index (χ0v) is 16.7. The minimum absolute atomic E-state index is 0.0109. The highest BCUT2D eigenvalue weighted by Crippen LogP contribution is 2.45. The van der Waals surface area contributed by atoms with Crippen molar-refractivity contribution in [3.05, 3.63) is 47.5 Å². The minimum Gasteiger partial charge on any atom is -0.387 e. The smallest absolute Gasteiger partial charge is 0.257 e. The van der Waals surface area contributed by atoms with E-state index in [1.54, 1.807) is 10.9 Å². The number of carbonyl (C=O) groups is 1. The second kappa shape index (κ2) is 7.17. The van der Waals surface area contributed by atoms with Crippen molar-refractivity contribution in [2.75, 3.05) is 19.0 Å². The fraction of sp³-hybridized carbons (Fsp3) is 0.368. The van der Waals surface area contributed by atoms with E-state index in [0.29, 0.717) is 28.5 Å². The summed E-state index contributed by atoms with van der Waals surface area (Å²) in [7, 11) is 1.49. The number of hydrogen-bond donors (Lipinski definition) is 3. The molecule has 2 fully saturated rings. The molecule has 5 rings (SSSR count). The Balaban J connectivity index is 1.44. The number of carbonyl (C=O) groups excluding carboxylic acids is 1. The molecule has 0 saturated carbocycles. The lowest BCUT2D eigenvalue weighted by Crippen LogP contribution is -2.53. The molecule has 2 aliphatic heterocycles. The number of halogens is 1. The summed E-state index contributed by atoms with van der Waals surface area (Å²) >= 11 is 6.04. The van der Waals surface area contributed by atoms with Gasteiger partial charge in [-0.3, -0.25) is 9.36 Å². The third kappa shape index (κ3) is 2.83. The molecule has 4 heterocycles. The molecular weight excluding hydrogens is 412 g/mol. The Hall–Kier alpha value is -2.79. The highest BCUT2D eigenvalue weighted by molar-refractivity contribution is 6.30. The Morgan fingerprint density at radius 1 is 1.40 bits per heavy atom. The predicted molar refractivity (Wildman–Crippen MR) is 107 cm³/mol. The maximum absolute atomic E-state index is 12.3. The second-order valence-corrected chi connectivity index (χ2v) is 7.66. The van der Waals surface area contributed by atoms with Gasteiger partial charge in [0, 0.05) is 18.6 Å². The van der Waals surface area contributed by atoms with Crippen molar-refractivity contribution in [1.82, 2.24) is 24.8 Å². The summed E-state index contributed by atoms with van der Waals surface area (Å²) in [5, 5.41) is 17.0. The van der Waals surface area contributed by atoms with Crippen LogP contribution in [0.3, 0.4) is 0 Å². The van der Waals surface area contributed by atoms with Crippen LogP contribution < -0.4 is 10.6 Å². The van der Waals surface area contributed by atoms with Crippen LogP contribution in [0.4, 0.5) is 5.82 Å². The summed E-state index contributed by atoms with van der Waals surface area (Å²) in [5.41, 5.74) is 0.587. The molecule has 4 atom stereocenters. The van der Waals surface area contributed by atoms with Gasteiger partial charge in [0.1, 0.15) is 18.5 Å². The van der Waals surface area contributed by atoms with Crippen LogP contribution in [0.5, 0.6) is 0 Å². The molecule has 156 valence electrons. The molecule has 2 bridgehead atoms. The molecule has 0 aliphatic carbocycles. The van der Waals surface area contributed by atoms with Crippen LogP contribution in [0.15, 0.2) is 36.9 Å². The third-order valence-corrected chi connectivity index (χ3v) is 5.72. The number of aromatic nitrogens is 4. The second-order valence-electron chi connectivity index (χ2n) is 7.23. The van der Waals surface area contributed by atoms with E-state index >= 15 is 0 Å². The molecule has 2 saturated heterocycles. The number of imidazole rings is 1. The van der Waals surface area contributed by atoms with Crippen molar-refractivity contribution in [3.63, 3.8) is 0 Å².